The number of aromatic amines is 1. The third-order valence-corrected chi connectivity index (χ3v) is 4.31. The van der Waals surface area contributed by atoms with Crippen molar-refractivity contribution >= 4 is 11.8 Å². The highest BCUT2D eigenvalue weighted by molar-refractivity contribution is 5.74. The van der Waals surface area contributed by atoms with Crippen molar-refractivity contribution in [3.05, 3.63) is 52.3 Å². The molecule has 2 aromatic rings. The first-order valence-corrected chi connectivity index (χ1v) is 8.81. The zero-order valence-electron chi connectivity index (χ0n) is 14.8. The summed E-state index contributed by atoms with van der Waals surface area (Å²) in [5.74, 6) is 0.434. The van der Waals surface area contributed by atoms with Crippen molar-refractivity contribution < 1.29 is 13.9 Å². The van der Waals surface area contributed by atoms with Gasteiger partial charge >= 0.3 is 6.03 Å². The van der Waals surface area contributed by atoms with Gasteiger partial charge in [0.25, 0.3) is 5.56 Å². The van der Waals surface area contributed by atoms with Gasteiger partial charge in [-0.25, -0.2) is 14.2 Å². The number of nitrogens with zero attached hydrogens (tertiary/aromatic N) is 2. The lowest BCUT2D eigenvalue weighted by Gasteiger charge is -2.32. The minimum Gasteiger partial charge on any atom is -0.487 e. The van der Waals surface area contributed by atoms with Crippen LogP contribution < -0.4 is 21.3 Å². The van der Waals surface area contributed by atoms with Crippen LogP contribution in [0, 0.1) is 5.82 Å². The Morgan fingerprint density at radius 3 is 2.81 bits per heavy atom. The summed E-state index contributed by atoms with van der Waals surface area (Å²) in [7, 11) is 0. The minimum absolute atomic E-state index is 0.118. The van der Waals surface area contributed by atoms with E-state index in [9.17, 15) is 14.0 Å². The van der Waals surface area contributed by atoms with Gasteiger partial charge in [-0.05, 0) is 12.1 Å². The molecule has 1 saturated heterocycles. The Labute approximate surface area is 155 Å². The van der Waals surface area contributed by atoms with Crippen LogP contribution in [0.4, 0.5) is 15.0 Å². The maximum absolute atomic E-state index is 13.6. The molecule has 8 nitrogen and oxygen atoms in total. The summed E-state index contributed by atoms with van der Waals surface area (Å²) in [6, 6.07) is 7.32. The molecule has 1 aromatic carbocycles. The van der Waals surface area contributed by atoms with Crippen LogP contribution in [0.2, 0.25) is 0 Å². The van der Waals surface area contributed by atoms with Gasteiger partial charge in [-0.2, -0.15) is 0 Å². The summed E-state index contributed by atoms with van der Waals surface area (Å²) in [6.45, 7) is 1.38. The molecule has 144 valence electrons. The monoisotopic (exact) mass is 375 g/mol. The van der Waals surface area contributed by atoms with Gasteiger partial charge in [-0.3, -0.25) is 4.79 Å². The molecule has 0 spiro atoms. The quantitative estimate of drug-likeness (QED) is 0.729. The number of para-hydroxylation sites is 1. The number of benzene rings is 1. The molecule has 9 heteroatoms. The molecule has 0 unspecified atom stereocenters. The van der Waals surface area contributed by atoms with Crippen LogP contribution in [0.3, 0.4) is 0 Å². The first-order chi connectivity index (χ1) is 13.0. The Bertz CT molecular complexity index is 849. The summed E-state index contributed by atoms with van der Waals surface area (Å²) < 4.78 is 19.3. The second-order valence-electron chi connectivity index (χ2n) is 6.33. The van der Waals surface area contributed by atoms with E-state index in [0.29, 0.717) is 44.7 Å². The fourth-order valence-corrected chi connectivity index (χ4v) is 2.94. The van der Waals surface area contributed by atoms with Crippen LogP contribution in [0.25, 0.3) is 0 Å². The normalized spacial score (nSPS) is 14.8. The van der Waals surface area contributed by atoms with Crippen molar-refractivity contribution in [1.82, 2.24) is 20.2 Å². The Morgan fingerprint density at radius 1 is 1.37 bits per heavy atom. The first kappa shape index (κ1) is 18.7. The number of carbonyl (C=O) groups is 1. The molecule has 3 rings (SSSR count). The van der Waals surface area contributed by atoms with Gasteiger partial charge in [0.1, 0.15) is 17.7 Å². The predicted molar refractivity (Wildman–Crippen MR) is 98.0 cm³/mol. The summed E-state index contributed by atoms with van der Waals surface area (Å²) in [5.41, 5.74) is 5.20. The average molecular weight is 375 g/mol. The van der Waals surface area contributed by atoms with Crippen molar-refractivity contribution in [3.63, 3.8) is 0 Å². The van der Waals surface area contributed by atoms with Crippen LogP contribution in [0.15, 0.2) is 35.1 Å². The maximum Gasteiger partial charge on any atom is 0.317 e. The lowest BCUT2D eigenvalue weighted by molar-refractivity contribution is 0.107. The number of piperidine rings is 1. The molecule has 27 heavy (non-hydrogen) atoms. The molecular formula is C18H22FN5O3. The standard InChI is InChI=1S/C18H22FN5O3/c19-13-3-1-2-4-14(13)27-12-6-9-24(10-7-12)18(26)21-8-5-16-22-15(20)11-17(25)23-16/h1-4,11-12H,5-10H2,(H,21,26)(H3,20,22,23,25). The van der Waals surface area contributed by atoms with E-state index in [1.54, 1.807) is 23.1 Å². The highest BCUT2D eigenvalue weighted by Crippen LogP contribution is 2.21. The molecule has 2 heterocycles. The van der Waals surface area contributed by atoms with E-state index in [4.69, 9.17) is 10.5 Å². The number of nitrogens with one attached hydrogen (secondary N) is 2. The maximum atomic E-state index is 13.6. The second-order valence-corrected chi connectivity index (χ2v) is 6.33. The lowest BCUT2D eigenvalue weighted by atomic mass is 10.1. The third kappa shape index (κ3) is 5.19. The van der Waals surface area contributed by atoms with E-state index in [2.05, 4.69) is 15.3 Å². The molecule has 1 fully saturated rings. The fraction of sp³-hybridized carbons (Fsp3) is 0.389. The Hall–Kier alpha value is -3.10. The molecule has 0 saturated carbocycles. The van der Waals surface area contributed by atoms with Crippen molar-refractivity contribution in [2.75, 3.05) is 25.4 Å². The van der Waals surface area contributed by atoms with Crippen molar-refractivity contribution in [3.8, 4) is 5.75 Å². The first-order valence-electron chi connectivity index (χ1n) is 8.81. The predicted octanol–water partition coefficient (Wildman–Crippen LogP) is 1.29. The van der Waals surface area contributed by atoms with Crippen LogP contribution in [0.5, 0.6) is 5.75 Å². The summed E-state index contributed by atoms with van der Waals surface area (Å²) >= 11 is 0. The largest absolute Gasteiger partial charge is 0.487 e. The second kappa shape index (κ2) is 8.52. The third-order valence-electron chi connectivity index (χ3n) is 4.31. The number of rotatable bonds is 5. The van der Waals surface area contributed by atoms with Crippen LogP contribution in [-0.4, -0.2) is 46.6 Å². The number of halogens is 1. The summed E-state index contributed by atoms with van der Waals surface area (Å²) in [4.78, 5) is 31.8. The smallest absolute Gasteiger partial charge is 0.317 e. The van der Waals surface area contributed by atoms with E-state index in [1.165, 1.54) is 12.1 Å². The number of carbonyl (C=O) groups excluding carboxylic acids is 1. The van der Waals surface area contributed by atoms with Crippen LogP contribution >= 0.6 is 0 Å². The number of amides is 2. The molecule has 4 N–H and O–H groups in total. The van der Waals surface area contributed by atoms with Gasteiger partial charge in [0.15, 0.2) is 11.6 Å². The van der Waals surface area contributed by atoms with E-state index in [-0.39, 0.29) is 35.1 Å². The average Bonchev–Trinajstić information content (AvgIpc) is 2.63. The van der Waals surface area contributed by atoms with Gasteiger partial charge in [-0.15, -0.1) is 0 Å². The van der Waals surface area contributed by atoms with Crippen LogP contribution in [0.1, 0.15) is 18.7 Å². The molecule has 1 aromatic heterocycles. The van der Waals surface area contributed by atoms with Crippen molar-refractivity contribution in [1.29, 1.82) is 0 Å². The lowest BCUT2D eigenvalue weighted by Crippen LogP contribution is -2.47. The molecule has 0 bridgehead atoms. The number of hydrogen-bond acceptors (Lipinski definition) is 5. The zero-order chi connectivity index (χ0) is 19.2. The van der Waals surface area contributed by atoms with Gasteiger partial charge in [0, 0.05) is 45.0 Å². The minimum atomic E-state index is -0.383. The number of hydrogen-bond donors (Lipinski definition) is 3. The Morgan fingerprint density at radius 2 is 2.11 bits per heavy atom. The summed E-state index contributed by atoms with van der Waals surface area (Å²) in [6.07, 6.45) is 1.52. The summed E-state index contributed by atoms with van der Waals surface area (Å²) in [5, 5.41) is 2.80. The van der Waals surface area contributed by atoms with Crippen molar-refractivity contribution in [2.45, 2.75) is 25.4 Å². The molecule has 1 aliphatic heterocycles. The number of nitrogens with two attached hydrogens (primary N) is 1. The zero-order valence-corrected chi connectivity index (χ0v) is 14.8. The number of likely N-dealkylation sites (tertiary alicyclic amines) is 1. The van der Waals surface area contributed by atoms with Gasteiger partial charge in [0.2, 0.25) is 0 Å². The Kier molecular flexibility index (Phi) is 5.90. The van der Waals surface area contributed by atoms with Gasteiger partial charge in [0.05, 0.1) is 0 Å². The van der Waals surface area contributed by atoms with E-state index >= 15 is 0 Å². The highest BCUT2D eigenvalue weighted by atomic mass is 19.1. The number of anilines is 1. The van der Waals surface area contributed by atoms with E-state index < -0.39 is 0 Å². The molecule has 0 atom stereocenters. The SMILES string of the molecule is Nc1cc(=O)[nH]c(CCNC(=O)N2CCC(Oc3ccccc3F)CC2)n1. The van der Waals surface area contributed by atoms with Crippen molar-refractivity contribution in [2.24, 2.45) is 0 Å². The van der Waals surface area contributed by atoms with Crippen LogP contribution in [-0.2, 0) is 6.42 Å². The highest BCUT2D eigenvalue weighted by Gasteiger charge is 2.24. The van der Waals surface area contributed by atoms with E-state index in [1.807, 2.05) is 0 Å². The molecule has 0 aliphatic carbocycles. The Balaban J connectivity index is 1.42. The molecule has 1 aliphatic rings. The number of H-pyrrole nitrogens is 1. The molecular weight excluding hydrogens is 353 g/mol. The topological polar surface area (TPSA) is 113 Å². The number of aromatic nitrogens is 2. The van der Waals surface area contributed by atoms with Gasteiger partial charge < -0.3 is 25.7 Å². The fourth-order valence-electron chi connectivity index (χ4n) is 2.94. The number of nitrogen functional groups attached to an aromatic ring is 1. The number of ether oxygens (including phenoxy) is 1. The molecule has 0 radical (unpaired) electrons. The number of urea groups is 1. The van der Waals surface area contributed by atoms with E-state index in [0.717, 1.165) is 0 Å². The van der Waals surface area contributed by atoms with Gasteiger partial charge in [-0.1, -0.05) is 12.1 Å². The molecule has 2 amide bonds.